The summed E-state index contributed by atoms with van der Waals surface area (Å²) < 4.78 is 11.1. The first-order valence-corrected chi connectivity index (χ1v) is 8.41. The first-order valence-electron chi connectivity index (χ1n) is 8.41. The quantitative estimate of drug-likeness (QED) is 0.698. The highest BCUT2D eigenvalue weighted by Crippen LogP contribution is 2.18. The summed E-state index contributed by atoms with van der Waals surface area (Å²) in [7, 11) is 1.62. The van der Waals surface area contributed by atoms with E-state index in [1.54, 1.807) is 31.4 Å². The highest BCUT2D eigenvalue weighted by Gasteiger charge is 2.20. The normalized spacial score (nSPS) is 19.4. The number of methoxy groups -OCH3 is 1. The van der Waals surface area contributed by atoms with Crippen LogP contribution in [0, 0.1) is 0 Å². The van der Waals surface area contributed by atoms with Crippen LogP contribution < -0.4 is 5.32 Å². The molecule has 6 nitrogen and oxygen atoms in total. The Bertz CT molecular complexity index is 735. The van der Waals surface area contributed by atoms with Crippen LogP contribution in [-0.4, -0.2) is 42.9 Å². The zero-order valence-electron chi connectivity index (χ0n) is 14.8. The summed E-state index contributed by atoms with van der Waals surface area (Å²) in [5.41, 5.74) is 1.12. The molecule has 1 aromatic rings. The van der Waals surface area contributed by atoms with Gasteiger partial charge in [-0.15, -0.1) is 0 Å². The topological polar surface area (TPSA) is 84.9 Å². The van der Waals surface area contributed by atoms with Crippen LogP contribution >= 0.6 is 0 Å². The fourth-order valence-electron chi connectivity index (χ4n) is 2.50. The number of hydrogen-bond acceptors (Lipinski definition) is 4. The molecule has 138 valence electrons. The predicted molar refractivity (Wildman–Crippen MR) is 99.2 cm³/mol. The Hall–Kier alpha value is -2.70. The lowest BCUT2D eigenvalue weighted by Crippen LogP contribution is -2.29. The number of amides is 1. The fourth-order valence-corrected chi connectivity index (χ4v) is 2.50. The Balaban J connectivity index is 2.04. The number of benzene rings is 1. The van der Waals surface area contributed by atoms with Gasteiger partial charge >= 0.3 is 5.97 Å². The zero-order valence-corrected chi connectivity index (χ0v) is 14.8. The lowest BCUT2D eigenvalue weighted by atomic mass is 10.0. The average Bonchev–Trinajstić information content (AvgIpc) is 2.65. The minimum absolute atomic E-state index is 0.0435. The maximum Gasteiger partial charge on any atom is 0.337 e. The van der Waals surface area contributed by atoms with Gasteiger partial charge in [0.05, 0.1) is 11.3 Å². The number of aromatic carboxylic acids is 1. The van der Waals surface area contributed by atoms with Gasteiger partial charge in [-0.05, 0) is 36.3 Å². The third-order valence-corrected chi connectivity index (χ3v) is 3.79. The van der Waals surface area contributed by atoms with Crippen molar-refractivity contribution in [3.05, 3.63) is 65.8 Å². The van der Waals surface area contributed by atoms with Crippen LogP contribution in [0.1, 0.15) is 23.7 Å². The number of carbonyl (C=O) groups excluding carboxylic acids is 1. The number of allylic oxidation sites excluding steroid dienone is 3. The molecule has 1 aliphatic carbocycles. The summed E-state index contributed by atoms with van der Waals surface area (Å²) in [6.07, 6.45) is 9.20. The van der Waals surface area contributed by atoms with Crippen molar-refractivity contribution >= 4 is 17.6 Å². The number of hydrogen-bond donors (Lipinski definition) is 2. The number of carboxylic acids is 1. The molecule has 2 unspecified atom stereocenters. The summed E-state index contributed by atoms with van der Waals surface area (Å²) in [6, 6.07) is 6.26. The second-order valence-electron chi connectivity index (χ2n) is 5.73. The van der Waals surface area contributed by atoms with Gasteiger partial charge < -0.3 is 19.9 Å². The molecule has 26 heavy (non-hydrogen) atoms. The zero-order chi connectivity index (χ0) is 18.9. The summed E-state index contributed by atoms with van der Waals surface area (Å²) in [5, 5.41) is 11.7. The van der Waals surface area contributed by atoms with Crippen molar-refractivity contribution < 1.29 is 24.2 Å². The van der Waals surface area contributed by atoms with Crippen LogP contribution in [-0.2, 0) is 14.3 Å². The molecule has 1 amide bonds. The van der Waals surface area contributed by atoms with E-state index in [4.69, 9.17) is 14.6 Å². The number of para-hydroxylation sites is 1. The van der Waals surface area contributed by atoms with Crippen molar-refractivity contribution in [2.24, 2.45) is 0 Å². The largest absolute Gasteiger partial charge is 0.478 e. The smallest absolute Gasteiger partial charge is 0.337 e. The van der Waals surface area contributed by atoms with Crippen LogP contribution in [0.25, 0.3) is 0 Å². The van der Waals surface area contributed by atoms with Crippen molar-refractivity contribution in [2.45, 2.75) is 25.6 Å². The van der Waals surface area contributed by atoms with Gasteiger partial charge in [0.2, 0.25) is 5.91 Å². The van der Waals surface area contributed by atoms with E-state index in [9.17, 15) is 9.59 Å². The van der Waals surface area contributed by atoms with Gasteiger partial charge in [0.1, 0.15) is 12.2 Å². The average molecular weight is 357 g/mol. The van der Waals surface area contributed by atoms with E-state index < -0.39 is 11.9 Å². The van der Waals surface area contributed by atoms with Crippen LogP contribution in [0.2, 0.25) is 0 Å². The lowest BCUT2D eigenvalue weighted by molar-refractivity contribution is -0.111. The third kappa shape index (κ3) is 5.40. The van der Waals surface area contributed by atoms with Crippen LogP contribution in [0.4, 0.5) is 5.69 Å². The van der Waals surface area contributed by atoms with E-state index in [1.165, 1.54) is 12.1 Å². The number of rotatable bonds is 8. The fraction of sp³-hybridized carbons (Fsp3) is 0.300. The maximum absolute atomic E-state index is 12.1. The summed E-state index contributed by atoms with van der Waals surface area (Å²) in [4.78, 5) is 23.3. The number of nitrogens with one attached hydrogen (secondary N) is 1. The number of anilines is 1. The Morgan fingerprint density at radius 3 is 2.73 bits per heavy atom. The molecule has 0 spiro atoms. The maximum atomic E-state index is 12.1. The van der Waals surface area contributed by atoms with Gasteiger partial charge in [0, 0.05) is 19.8 Å². The molecule has 0 saturated heterocycles. The van der Waals surface area contributed by atoms with Gasteiger partial charge in [0.15, 0.2) is 0 Å². The third-order valence-electron chi connectivity index (χ3n) is 3.79. The Morgan fingerprint density at radius 1 is 1.27 bits per heavy atom. The summed E-state index contributed by atoms with van der Waals surface area (Å²) >= 11 is 0. The number of ether oxygens (including phenoxy) is 2. The molecule has 0 saturated carbocycles. The first-order chi connectivity index (χ1) is 12.5. The van der Waals surface area contributed by atoms with E-state index in [0.717, 1.165) is 12.0 Å². The van der Waals surface area contributed by atoms with Crippen molar-refractivity contribution in [1.29, 1.82) is 0 Å². The van der Waals surface area contributed by atoms with Gasteiger partial charge in [-0.3, -0.25) is 4.79 Å². The highest BCUT2D eigenvalue weighted by atomic mass is 16.5. The van der Waals surface area contributed by atoms with Gasteiger partial charge in [-0.25, -0.2) is 4.79 Å². The molecule has 1 aliphatic rings. The van der Waals surface area contributed by atoms with E-state index in [-0.39, 0.29) is 23.5 Å². The predicted octanol–water partition coefficient (Wildman–Crippen LogP) is 3.19. The molecular weight excluding hydrogens is 334 g/mol. The standard InChI is InChI=1S/C20H23NO5/c1-3-12-26-18-13-14(8-10-17(18)25-2)9-11-19(22)21-16-7-5-4-6-15(16)20(23)24/h4-11,13,17-18H,3,12H2,1-2H3,(H,21,22)(H,23,24)/b11-9+. The minimum Gasteiger partial charge on any atom is -0.478 e. The van der Waals surface area contributed by atoms with Crippen molar-refractivity contribution in [3.63, 3.8) is 0 Å². The Kier molecular flexibility index (Phi) is 7.32. The molecule has 0 bridgehead atoms. The van der Waals surface area contributed by atoms with Gasteiger partial charge in [0.25, 0.3) is 0 Å². The highest BCUT2D eigenvalue weighted by molar-refractivity contribution is 6.04. The van der Waals surface area contributed by atoms with E-state index in [2.05, 4.69) is 5.32 Å². The SMILES string of the molecule is CCCOC1C=C(/C=C/C(=O)Nc2ccccc2C(=O)O)C=CC1OC. The number of carbonyl (C=O) groups is 2. The van der Waals surface area contributed by atoms with Crippen LogP contribution in [0.15, 0.2) is 60.2 Å². The Morgan fingerprint density at radius 2 is 2.04 bits per heavy atom. The molecule has 2 rings (SSSR count). The molecule has 0 radical (unpaired) electrons. The monoisotopic (exact) mass is 357 g/mol. The lowest BCUT2D eigenvalue weighted by Gasteiger charge is -2.24. The molecular formula is C20H23NO5. The van der Waals surface area contributed by atoms with Crippen molar-refractivity contribution in [1.82, 2.24) is 0 Å². The summed E-state index contributed by atoms with van der Waals surface area (Å²) in [6.45, 7) is 2.66. The molecule has 0 aliphatic heterocycles. The van der Waals surface area contributed by atoms with E-state index in [0.29, 0.717) is 6.61 Å². The first kappa shape index (κ1) is 19.6. The Labute approximate surface area is 152 Å². The minimum atomic E-state index is -1.09. The van der Waals surface area contributed by atoms with E-state index >= 15 is 0 Å². The molecule has 2 atom stereocenters. The van der Waals surface area contributed by atoms with Gasteiger partial charge in [-0.1, -0.05) is 31.2 Å². The second kappa shape index (κ2) is 9.70. The molecule has 0 fully saturated rings. The van der Waals surface area contributed by atoms with Crippen molar-refractivity contribution in [2.75, 3.05) is 19.0 Å². The van der Waals surface area contributed by atoms with E-state index in [1.807, 2.05) is 25.2 Å². The van der Waals surface area contributed by atoms with Crippen LogP contribution in [0.3, 0.4) is 0 Å². The van der Waals surface area contributed by atoms with Crippen LogP contribution in [0.5, 0.6) is 0 Å². The molecule has 6 heteroatoms. The molecule has 0 aromatic heterocycles. The van der Waals surface area contributed by atoms with Crippen molar-refractivity contribution in [3.8, 4) is 0 Å². The molecule has 1 aromatic carbocycles. The van der Waals surface area contributed by atoms with Gasteiger partial charge in [-0.2, -0.15) is 0 Å². The summed E-state index contributed by atoms with van der Waals surface area (Å²) in [5.74, 6) is -1.50. The number of carboxylic acid groups (broad SMARTS) is 1. The molecule has 0 heterocycles. The second-order valence-corrected chi connectivity index (χ2v) is 5.73. The molecule has 2 N–H and O–H groups in total.